The van der Waals surface area contributed by atoms with Crippen molar-refractivity contribution in [2.24, 2.45) is 0 Å². The van der Waals surface area contributed by atoms with Crippen molar-refractivity contribution < 1.29 is 14.6 Å². The Kier molecular flexibility index (Phi) is 5.23. The number of nitro groups is 1. The van der Waals surface area contributed by atoms with Gasteiger partial charge >= 0.3 is 6.03 Å². The van der Waals surface area contributed by atoms with E-state index in [1.807, 2.05) is 5.43 Å². The Balaban J connectivity index is 2.28. The molecule has 0 radical (unpaired) electrons. The number of nitrogens with zero attached hydrogens (tertiary/aromatic N) is 1. The van der Waals surface area contributed by atoms with Gasteiger partial charge in [0.15, 0.2) is 5.03 Å². The highest BCUT2D eigenvalue weighted by atomic mass is 16.7. The van der Waals surface area contributed by atoms with E-state index < -0.39 is 11.1 Å². The minimum absolute atomic E-state index is 0.0586. The van der Waals surface area contributed by atoms with Crippen molar-refractivity contribution in [2.75, 3.05) is 25.5 Å². The predicted octanol–water partition coefficient (Wildman–Crippen LogP) is 0.598. The number of carbonyl (C=O) groups is 1. The van der Waals surface area contributed by atoms with Crippen LogP contribution < -0.4 is 20.8 Å². The first kappa shape index (κ1) is 13.6. The number of hydrogen-bond acceptors (Lipinski definition) is 4. The average Bonchev–Trinajstić information content (AvgIpc) is 2.35. The number of anilines is 1. The van der Waals surface area contributed by atoms with E-state index in [4.69, 9.17) is 4.74 Å². The largest absolute Gasteiger partial charge is 0.497 e. The van der Waals surface area contributed by atoms with Crippen molar-refractivity contribution in [3.8, 4) is 5.75 Å². The lowest BCUT2D eigenvalue weighted by Crippen LogP contribution is -2.36. The van der Waals surface area contributed by atoms with Gasteiger partial charge in [0.25, 0.3) is 0 Å². The molecular weight excluding hydrogens is 240 g/mol. The molecule has 0 atom stereocenters. The number of hydrazine groups is 1. The summed E-state index contributed by atoms with van der Waals surface area (Å²) in [4.78, 5) is 21.3. The van der Waals surface area contributed by atoms with Crippen molar-refractivity contribution in [2.45, 2.75) is 0 Å². The number of ether oxygens (including phenoxy) is 1. The van der Waals surface area contributed by atoms with Crippen molar-refractivity contribution in [3.63, 3.8) is 0 Å². The fourth-order valence-electron chi connectivity index (χ4n) is 1.17. The van der Waals surface area contributed by atoms with Crippen LogP contribution in [-0.2, 0) is 0 Å². The summed E-state index contributed by atoms with van der Waals surface area (Å²) in [6.45, 7) is 0.214. The monoisotopic (exact) mass is 254 g/mol. The Bertz CT molecular complexity index is 407. The summed E-state index contributed by atoms with van der Waals surface area (Å²) in [5.74, 6) is 0.691. The van der Waals surface area contributed by atoms with Crippen LogP contribution in [0.3, 0.4) is 0 Å². The predicted molar refractivity (Wildman–Crippen MR) is 65.0 cm³/mol. The molecule has 0 fully saturated rings. The van der Waals surface area contributed by atoms with Crippen molar-refractivity contribution in [1.29, 1.82) is 0 Å². The van der Waals surface area contributed by atoms with E-state index in [1.54, 1.807) is 31.4 Å². The minimum Gasteiger partial charge on any atom is -0.497 e. The second kappa shape index (κ2) is 6.94. The zero-order chi connectivity index (χ0) is 13.4. The molecule has 0 aromatic heterocycles. The molecule has 0 heterocycles. The molecule has 8 heteroatoms. The van der Waals surface area contributed by atoms with Gasteiger partial charge in [0.05, 0.1) is 13.7 Å². The highest BCUT2D eigenvalue weighted by molar-refractivity contribution is 5.89. The van der Waals surface area contributed by atoms with Gasteiger partial charge < -0.3 is 15.4 Å². The smallest absolute Gasteiger partial charge is 0.319 e. The lowest BCUT2D eigenvalue weighted by Gasteiger charge is -2.07. The van der Waals surface area contributed by atoms with Crippen LogP contribution in [-0.4, -0.2) is 31.3 Å². The molecular formula is C10H14N4O4. The van der Waals surface area contributed by atoms with Gasteiger partial charge in [-0.3, -0.25) is 0 Å². The van der Waals surface area contributed by atoms with E-state index in [9.17, 15) is 14.9 Å². The fraction of sp³-hybridized carbons (Fsp3) is 0.300. The Morgan fingerprint density at radius 2 is 2.00 bits per heavy atom. The molecule has 0 unspecified atom stereocenters. The van der Waals surface area contributed by atoms with Gasteiger partial charge in [-0.25, -0.2) is 14.9 Å². The molecule has 0 aliphatic carbocycles. The third-order valence-electron chi connectivity index (χ3n) is 2.00. The number of hydrogen-bond donors (Lipinski definition) is 3. The van der Waals surface area contributed by atoms with Gasteiger partial charge in [-0.2, -0.15) is 0 Å². The number of urea groups is 1. The zero-order valence-corrected chi connectivity index (χ0v) is 9.80. The Morgan fingerprint density at radius 1 is 1.33 bits per heavy atom. The SMILES string of the molecule is COc1ccc(NC(=O)NCCN[N+](=O)[O-])cc1. The highest BCUT2D eigenvalue weighted by Gasteiger charge is 2.01. The van der Waals surface area contributed by atoms with E-state index in [2.05, 4.69) is 10.6 Å². The van der Waals surface area contributed by atoms with E-state index in [1.165, 1.54) is 0 Å². The molecule has 98 valence electrons. The third kappa shape index (κ3) is 5.01. The molecule has 0 aliphatic rings. The van der Waals surface area contributed by atoms with Crippen LogP contribution >= 0.6 is 0 Å². The van der Waals surface area contributed by atoms with Crippen LogP contribution in [0.4, 0.5) is 10.5 Å². The molecule has 1 aromatic rings. The first-order valence-corrected chi connectivity index (χ1v) is 5.18. The maximum Gasteiger partial charge on any atom is 0.319 e. The van der Waals surface area contributed by atoms with E-state index >= 15 is 0 Å². The minimum atomic E-state index is -0.664. The van der Waals surface area contributed by atoms with Crippen molar-refractivity contribution in [3.05, 3.63) is 34.4 Å². The van der Waals surface area contributed by atoms with Crippen LogP contribution in [0.15, 0.2) is 24.3 Å². The molecule has 0 saturated heterocycles. The quantitative estimate of drug-likeness (QED) is 0.391. The van der Waals surface area contributed by atoms with E-state index in [-0.39, 0.29) is 13.1 Å². The normalized spacial score (nSPS) is 9.39. The Morgan fingerprint density at radius 3 is 2.56 bits per heavy atom. The van der Waals surface area contributed by atoms with Crippen LogP contribution in [0, 0.1) is 10.1 Å². The number of methoxy groups -OCH3 is 1. The number of rotatable bonds is 6. The summed E-state index contributed by atoms with van der Waals surface area (Å²) >= 11 is 0. The molecule has 1 rings (SSSR count). The number of carbonyl (C=O) groups excluding carboxylic acids is 1. The molecule has 2 amide bonds. The van der Waals surface area contributed by atoms with Crippen LogP contribution in [0.1, 0.15) is 0 Å². The van der Waals surface area contributed by atoms with Gasteiger partial charge in [0.2, 0.25) is 0 Å². The van der Waals surface area contributed by atoms with Crippen LogP contribution in [0.2, 0.25) is 0 Å². The van der Waals surface area contributed by atoms with Crippen molar-refractivity contribution >= 4 is 11.7 Å². The molecule has 0 aliphatic heterocycles. The average molecular weight is 254 g/mol. The van der Waals surface area contributed by atoms with E-state index in [0.29, 0.717) is 11.4 Å². The van der Waals surface area contributed by atoms with Gasteiger partial charge in [0, 0.05) is 12.2 Å². The molecule has 0 saturated carbocycles. The zero-order valence-electron chi connectivity index (χ0n) is 9.80. The number of benzene rings is 1. The molecule has 18 heavy (non-hydrogen) atoms. The fourth-order valence-corrected chi connectivity index (χ4v) is 1.17. The Labute approximate surface area is 103 Å². The highest BCUT2D eigenvalue weighted by Crippen LogP contribution is 2.14. The maximum absolute atomic E-state index is 11.4. The van der Waals surface area contributed by atoms with Gasteiger partial charge in [0.1, 0.15) is 5.75 Å². The Hall–Kier alpha value is -2.51. The second-order valence-corrected chi connectivity index (χ2v) is 3.27. The molecule has 0 spiro atoms. The van der Waals surface area contributed by atoms with Gasteiger partial charge in [-0.1, -0.05) is 0 Å². The number of nitrogens with one attached hydrogen (secondary N) is 3. The summed E-state index contributed by atoms with van der Waals surface area (Å²) in [6.07, 6.45) is 0. The summed E-state index contributed by atoms with van der Waals surface area (Å²) < 4.78 is 4.98. The maximum atomic E-state index is 11.4. The van der Waals surface area contributed by atoms with Gasteiger partial charge in [-0.05, 0) is 24.3 Å². The lowest BCUT2D eigenvalue weighted by molar-refractivity contribution is -0.543. The summed E-state index contributed by atoms with van der Waals surface area (Å²) in [6, 6.07) is 6.38. The number of amides is 2. The third-order valence-corrected chi connectivity index (χ3v) is 2.00. The summed E-state index contributed by atoms with van der Waals surface area (Å²) in [5.41, 5.74) is 2.55. The standard InChI is InChI=1S/C10H14N4O4/c1-18-9-4-2-8(3-5-9)13-10(15)11-6-7-12-14(16)17/h2-5,12H,6-7H2,1H3,(H2,11,13,15). The summed E-state index contributed by atoms with van der Waals surface area (Å²) in [5, 5.41) is 14.3. The molecule has 1 aromatic carbocycles. The van der Waals surface area contributed by atoms with Gasteiger partial charge in [-0.15, -0.1) is 5.43 Å². The first-order valence-electron chi connectivity index (χ1n) is 5.18. The summed E-state index contributed by atoms with van der Waals surface area (Å²) in [7, 11) is 1.55. The van der Waals surface area contributed by atoms with Crippen LogP contribution in [0.5, 0.6) is 5.75 Å². The molecule has 3 N–H and O–H groups in total. The van der Waals surface area contributed by atoms with Crippen molar-refractivity contribution in [1.82, 2.24) is 10.7 Å². The second-order valence-electron chi connectivity index (χ2n) is 3.27. The van der Waals surface area contributed by atoms with E-state index in [0.717, 1.165) is 0 Å². The molecule has 8 nitrogen and oxygen atoms in total. The molecule has 0 bridgehead atoms. The first-order chi connectivity index (χ1) is 8.61. The topological polar surface area (TPSA) is 106 Å². The van der Waals surface area contributed by atoms with Crippen LogP contribution in [0.25, 0.3) is 0 Å². The lowest BCUT2D eigenvalue weighted by atomic mass is 10.3.